The van der Waals surface area contributed by atoms with Gasteiger partial charge in [-0.3, -0.25) is 14.5 Å². The number of rotatable bonds is 7. The van der Waals surface area contributed by atoms with Crippen LogP contribution in [0.25, 0.3) is 0 Å². The standard InChI is InChI=1S/C14H24N4O3/c1-17(2)12(11-6-5-8-18(11)3)10-16-14(20)13(19)15-7-9-21-4/h5-6,8,12H,7,9-10H2,1-4H3,(H,15,19)(H,16,20). The van der Waals surface area contributed by atoms with Gasteiger partial charge in [0, 0.05) is 39.1 Å². The van der Waals surface area contributed by atoms with Gasteiger partial charge in [-0.25, -0.2) is 0 Å². The van der Waals surface area contributed by atoms with E-state index >= 15 is 0 Å². The molecule has 0 spiro atoms. The molecular weight excluding hydrogens is 272 g/mol. The second-order valence-electron chi connectivity index (χ2n) is 4.98. The van der Waals surface area contributed by atoms with Gasteiger partial charge in [0.2, 0.25) is 0 Å². The fraction of sp³-hybridized carbons (Fsp3) is 0.571. The van der Waals surface area contributed by atoms with E-state index in [0.29, 0.717) is 19.7 Å². The van der Waals surface area contributed by atoms with Crippen molar-refractivity contribution < 1.29 is 14.3 Å². The van der Waals surface area contributed by atoms with E-state index < -0.39 is 11.8 Å². The van der Waals surface area contributed by atoms with E-state index in [2.05, 4.69) is 10.6 Å². The summed E-state index contributed by atoms with van der Waals surface area (Å²) in [6.45, 7) is 1.06. The summed E-state index contributed by atoms with van der Waals surface area (Å²) < 4.78 is 6.80. The first-order valence-corrected chi connectivity index (χ1v) is 6.80. The van der Waals surface area contributed by atoms with Crippen LogP contribution >= 0.6 is 0 Å². The van der Waals surface area contributed by atoms with Crippen molar-refractivity contribution in [1.82, 2.24) is 20.1 Å². The SMILES string of the molecule is COCCNC(=O)C(=O)NCC(c1cccn1C)N(C)C. The predicted molar refractivity (Wildman–Crippen MR) is 79.7 cm³/mol. The first-order chi connectivity index (χ1) is 9.97. The highest BCUT2D eigenvalue weighted by molar-refractivity contribution is 6.35. The van der Waals surface area contributed by atoms with Gasteiger partial charge in [-0.15, -0.1) is 0 Å². The summed E-state index contributed by atoms with van der Waals surface area (Å²) in [7, 11) is 7.35. The molecular formula is C14H24N4O3. The number of aromatic nitrogens is 1. The molecule has 0 aliphatic heterocycles. The molecule has 2 N–H and O–H groups in total. The predicted octanol–water partition coefficient (Wildman–Crippen LogP) is -0.493. The number of hydrogen-bond donors (Lipinski definition) is 2. The van der Waals surface area contributed by atoms with E-state index in [0.717, 1.165) is 5.69 Å². The van der Waals surface area contributed by atoms with Crippen molar-refractivity contribution in [3.63, 3.8) is 0 Å². The minimum atomic E-state index is -0.642. The highest BCUT2D eigenvalue weighted by Gasteiger charge is 2.19. The van der Waals surface area contributed by atoms with Crippen molar-refractivity contribution in [3.05, 3.63) is 24.0 Å². The largest absolute Gasteiger partial charge is 0.383 e. The minimum absolute atomic E-state index is 0.000671. The number of likely N-dealkylation sites (N-methyl/N-ethyl adjacent to an activating group) is 1. The smallest absolute Gasteiger partial charge is 0.309 e. The molecule has 2 amide bonds. The third-order valence-corrected chi connectivity index (χ3v) is 3.20. The molecule has 7 heteroatoms. The number of nitrogens with zero attached hydrogens (tertiary/aromatic N) is 2. The van der Waals surface area contributed by atoms with Gasteiger partial charge in [0.25, 0.3) is 0 Å². The summed E-state index contributed by atoms with van der Waals surface area (Å²) in [5.41, 5.74) is 1.07. The van der Waals surface area contributed by atoms with Crippen LogP contribution in [0, 0.1) is 0 Å². The number of hydrogen-bond acceptors (Lipinski definition) is 4. The van der Waals surface area contributed by atoms with Gasteiger partial charge in [0.05, 0.1) is 12.6 Å². The Morgan fingerprint density at radius 1 is 1.33 bits per heavy atom. The topological polar surface area (TPSA) is 75.6 Å². The number of ether oxygens (including phenoxy) is 1. The Morgan fingerprint density at radius 2 is 2.00 bits per heavy atom. The van der Waals surface area contributed by atoms with Gasteiger partial charge in [-0.05, 0) is 26.2 Å². The molecule has 0 aliphatic rings. The van der Waals surface area contributed by atoms with Crippen molar-refractivity contribution in [3.8, 4) is 0 Å². The summed E-state index contributed by atoms with van der Waals surface area (Å²) in [5.74, 6) is -1.27. The highest BCUT2D eigenvalue weighted by atomic mass is 16.5. The lowest BCUT2D eigenvalue weighted by Gasteiger charge is -2.25. The van der Waals surface area contributed by atoms with E-state index in [1.54, 1.807) is 0 Å². The van der Waals surface area contributed by atoms with Gasteiger partial charge < -0.3 is 19.9 Å². The van der Waals surface area contributed by atoms with Gasteiger partial charge in [-0.2, -0.15) is 0 Å². The average Bonchev–Trinajstić information content (AvgIpc) is 2.85. The van der Waals surface area contributed by atoms with Crippen LogP contribution < -0.4 is 10.6 Å². The van der Waals surface area contributed by atoms with Crippen LogP contribution in [0.1, 0.15) is 11.7 Å². The van der Waals surface area contributed by atoms with Crippen LogP contribution in [0.5, 0.6) is 0 Å². The van der Waals surface area contributed by atoms with Crippen LogP contribution in [-0.4, -0.2) is 62.2 Å². The lowest BCUT2D eigenvalue weighted by atomic mass is 10.2. The van der Waals surface area contributed by atoms with Crippen molar-refractivity contribution in [2.75, 3.05) is 40.9 Å². The Morgan fingerprint density at radius 3 is 2.52 bits per heavy atom. The Labute approximate surface area is 125 Å². The van der Waals surface area contributed by atoms with Crippen LogP contribution in [0.15, 0.2) is 18.3 Å². The van der Waals surface area contributed by atoms with Crippen LogP contribution in [-0.2, 0) is 21.4 Å². The zero-order valence-electron chi connectivity index (χ0n) is 13.0. The molecule has 1 rings (SSSR count). The van der Waals surface area contributed by atoms with E-state index in [4.69, 9.17) is 4.74 Å². The number of methoxy groups -OCH3 is 1. The van der Waals surface area contributed by atoms with Gasteiger partial charge in [0.15, 0.2) is 0 Å². The maximum atomic E-state index is 11.7. The monoisotopic (exact) mass is 296 g/mol. The summed E-state index contributed by atoms with van der Waals surface area (Å²) in [5, 5.41) is 5.15. The summed E-state index contributed by atoms with van der Waals surface area (Å²) in [6, 6.07) is 3.95. The van der Waals surface area contributed by atoms with E-state index in [1.807, 2.05) is 48.9 Å². The summed E-state index contributed by atoms with van der Waals surface area (Å²) >= 11 is 0. The molecule has 0 radical (unpaired) electrons. The third-order valence-electron chi connectivity index (χ3n) is 3.20. The number of carbonyl (C=O) groups is 2. The van der Waals surface area contributed by atoms with Crippen molar-refractivity contribution in [1.29, 1.82) is 0 Å². The Balaban J connectivity index is 2.52. The maximum absolute atomic E-state index is 11.7. The first kappa shape index (κ1) is 17.2. The Kier molecular flexibility index (Phi) is 6.90. The fourth-order valence-electron chi connectivity index (χ4n) is 1.99. The molecule has 0 fully saturated rings. The average molecular weight is 296 g/mol. The lowest BCUT2D eigenvalue weighted by Crippen LogP contribution is -2.44. The molecule has 0 aromatic carbocycles. The van der Waals surface area contributed by atoms with Gasteiger partial charge >= 0.3 is 11.8 Å². The van der Waals surface area contributed by atoms with Crippen LogP contribution in [0.4, 0.5) is 0 Å². The molecule has 21 heavy (non-hydrogen) atoms. The number of carbonyl (C=O) groups excluding carboxylic acids is 2. The Bertz CT molecular complexity index is 471. The number of aryl methyl sites for hydroxylation is 1. The minimum Gasteiger partial charge on any atom is -0.383 e. The van der Waals surface area contributed by atoms with Gasteiger partial charge in [-0.1, -0.05) is 0 Å². The summed E-state index contributed by atoms with van der Waals surface area (Å²) in [4.78, 5) is 25.3. The molecule has 118 valence electrons. The second kappa shape index (κ2) is 8.43. The van der Waals surface area contributed by atoms with Crippen molar-refractivity contribution in [2.24, 2.45) is 7.05 Å². The molecule has 0 aliphatic carbocycles. The zero-order chi connectivity index (χ0) is 15.8. The normalized spacial score (nSPS) is 12.2. The molecule has 7 nitrogen and oxygen atoms in total. The molecule has 0 bridgehead atoms. The van der Waals surface area contributed by atoms with Crippen LogP contribution in [0.3, 0.4) is 0 Å². The van der Waals surface area contributed by atoms with E-state index in [1.165, 1.54) is 7.11 Å². The van der Waals surface area contributed by atoms with Crippen molar-refractivity contribution in [2.45, 2.75) is 6.04 Å². The molecule has 0 saturated carbocycles. The zero-order valence-corrected chi connectivity index (χ0v) is 13.0. The first-order valence-electron chi connectivity index (χ1n) is 6.80. The quantitative estimate of drug-likeness (QED) is 0.526. The molecule has 1 aromatic rings. The molecule has 1 unspecified atom stereocenters. The third kappa shape index (κ3) is 5.20. The Hall–Kier alpha value is -1.86. The van der Waals surface area contributed by atoms with E-state index in [9.17, 15) is 9.59 Å². The van der Waals surface area contributed by atoms with Crippen molar-refractivity contribution >= 4 is 11.8 Å². The molecule has 0 saturated heterocycles. The molecule has 1 heterocycles. The fourth-order valence-corrected chi connectivity index (χ4v) is 1.99. The highest BCUT2D eigenvalue weighted by Crippen LogP contribution is 2.16. The second-order valence-corrected chi connectivity index (χ2v) is 4.98. The maximum Gasteiger partial charge on any atom is 0.309 e. The lowest BCUT2D eigenvalue weighted by molar-refractivity contribution is -0.139. The van der Waals surface area contributed by atoms with Crippen LogP contribution in [0.2, 0.25) is 0 Å². The van der Waals surface area contributed by atoms with Gasteiger partial charge in [0.1, 0.15) is 0 Å². The number of nitrogens with one attached hydrogen (secondary N) is 2. The summed E-state index contributed by atoms with van der Waals surface area (Å²) in [6.07, 6.45) is 1.95. The number of amides is 2. The molecule has 1 aromatic heterocycles. The molecule has 1 atom stereocenters. The van der Waals surface area contributed by atoms with E-state index in [-0.39, 0.29) is 6.04 Å².